The number of nitrogens with zero attached hydrogens (tertiary/aromatic N) is 1. The minimum atomic E-state index is -0.308. The maximum absolute atomic E-state index is 12.7. The molecule has 1 amide bonds. The quantitative estimate of drug-likeness (QED) is 0.643. The van der Waals surface area contributed by atoms with Gasteiger partial charge in [-0.1, -0.05) is 0 Å². The van der Waals surface area contributed by atoms with Crippen molar-refractivity contribution in [2.75, 3.05) is 32.0 Å². The number of benzene rings is 2. The molecule has 0 atom stereocenters. The van der Waals surface area contributed by atoms with E-state index in [2.05, 4.69) is 15.6 Å². The Balaban J connectivity index is 1.76. The summed E-state index contributed by atoms with van der Waals surface area (Å²) >= 11 is 0. The van der Waals surface area contributed by atoms with Crippen molar-refractivity contribution in [3.05, 3.63) is 66.5 Å². The molecule has 0 bridgehead atoms. The second kappa shape index (κ2) is 8.77. The molecule has 28 heavy (non-hydrogen) atoms. The van der Waals surface area contributed by atoms with Gasteiger partial charge in [0, 0.05) is 18.0 Å². The summed E-state index contributed by atoms with van der Waals surface area (Å²) in [6, 6.07) is 14.4. The molecule has 0 aliphatic rings. The molecule has 0 aliphatic carbocycles. The number of nitrogens with one attached hydrogen (secondary N) is 2. The summed E-state index contributed by atoms with van der Waals surface area (Å²) in [6.07, 6.45) is 3.15. The van der Waals surface area contributed by atoms with Crippen molar-refractivity contribution < 1.29 is 19.0 Å². The Morgan fingerprint density at radius 1 is 0.821 bits per heavy atom. The molecule has 3 aromatic rings. The van der Waals surface area contributed by atoms with Crippen molar-refractivity contribution >= 4 is 23.0 Å². The van der Waals surface area contributed by atoms with Crippen molar-refractivity contribution in [1.82, 2.24) is 4.98 Å². The lowest BCUT2D eigenvalue weighted by Crippen LogP contribution is -2.13. The number of carbonyl (C=O) groups excluding carboxylic acids is 1. The fourth-order valence-electron chi connectivity index (χ4n) is 2.58. The minimum Gasteiger partial charge on any atom is -0.497 e. The second-order valence-electron chi connectivity index (χ2n) is 5.84. The van der Waals surface area contributed by atoms with E-state index >= 15 is 0 Å². The van der Waals surface area contributed by atoms with Crippen LogP contribution in [0.2, 0.25) is 0 Å². The SMILES string of the molecule is COc1ccc(Nc2cncc(C(=O)Nc3cc(OC)ccc3OC)c2)cc1. The van der Waals surface area contributed by atoms with Gasteiger partial charge >= 0.3 is 0 Å². The lowest BCUT2D eigenvalue weighted by Gasteiger charge is -2.12. The van der Waals surface area contributed by atoms with Crippen LogP contribution in [0.25, 0.3) is 0 Å². The Labute approximate surface area is 163 Å². The van der Waals surface area contributed by atoms with Gasteiger partial charge < -0.3 is 24.8 Å². The third-order valence-electron chi connectivity index (χ3n) is 4.03. The number of pyridine rings is 1. The third kappa shape index (κ3) is 4.50. The van der Waals surface area contributed by atoms with Crippen LogP contribution in [0.3, 0.4) is 0 Å². The van der Waals surface area contributed by atoms with E-state index < -0.39 is 0 Å². The lowest BCUT2D eigenvalue weighted by atomic mass is 10.2. The van der Waals surface area contributed by atoms with Crippen molar-refractivity contribution in [2.24, 2.45) is 0 Å². The van der Waals surface area contributed by atoms with E-state index in [-0.39, 0.29) is 5.91 Å². The molecule has 0 fully saturated rings. The standard InChI is InChI=1S/C21H21N3O4/c1-26-17-6-4-15(5-7-17)23-16-10-14(12-22-13-16)21(25)24-19-11-18(27-2)8-9-20(19)28-3/h4-13,23H,1-3H3,(H,24,25). The smallest absolute Gasteiger partial charge is 0.257 e. The number of hydrogen-bond donors (Lipinski definition) is 2. The molecule has 0 radical (unpaired) electrons. The van der Waals surface area contributed by atoms with Gasteiger partial charge in [-0.05, 0) is 42.5 Å². The Morgan fingerprint density at radius 3 is 2.21 bits per heavy atom. The average Bonchev–Trinajstić information content (AvgIpc) is 2.74. The normalized spacial score (nSPS) is 10.1. The predicted octanol–water partition coefficient (Wildman–Crippen LogP) is 4.10. The number of aromatic nitrogens is 1. The molecule has 1 aromatic heterocycles. The highest BCUT2D eigenvalue weighted by Gasteiger charge is 2.12. The number of amides is 1. The topological polar surface area (TPSA) is 81.7 Å². The van der Waals surface area contributed by atoms with Gasteiger partial charge in [-0.15, -0.1) is 0 Å². The van der Waals surface area contributed by atoms with E-state index in [0.29, 0.717) is 28.4 Å². The third-order valence-corrected chi connectivity index (χ3v) is 4.03. The van der Waals surface area contributed by atoms with E-state index in [4.69, 9.17) is 14.2 Å². The molecule has 1 heterocycles. The van der Waals surface area contributed by atoms with Gasteiger partial charge in [-0.3, -0.25) is 9.78 Å². The van der Waals surface area contributed by atoms with Crippen molar-refractivity contribution in [1.29, 1.82) is 0 Å². The zero-order valence-electron chi connectivity index (χ0n) is 15.9. The zero-order chi connectivity index (χ0) is 19.9. The van der Waals surface area contributed by atoms with Gasteiger partial charge in [0.1, 0.15) is 17.2 Å². The van der Waals surface area contributed by atoms with Crippen molar-refractivity contribution in [3.63, 3.8) is 0 Å². The first-order valence-electron chi connectivity index (χ1n) is 8.52. The summed E-state index contributed by atoms with van der Waals surface area (Å²) in [4.78, 5) is 16.8. The van der Waals surface area contributed by atoms with Crippen LogP contribution in [0.5, 0.6) is 17.2 Å². The van der Waals surface area contributed by atoms with Crippen molar-refractivity contribution in [2.45, 2.75) is 0 Å². The van der Waals surface area contributed by atoms with Crippen LogP contribution in [0, 0.1) is 0 Å². The van der Waals surface area contributed by atoms with Crippen molar-refractivity contribution in [3.8, 4) is 17.2 Å². The fraction of sp³-hybridized carbons (Fsp3) is 0.143. The van der Waals surface area contributed by atoms with Crippen LogP contribution in [0.1, 0.15) is 10.4 Å². The molecule has 2 N–H and O–H groups in total. The molecule has 7 nitrogen and oxygen atoms in total. The fourth-order valence-corrected chi connectivity index (χ4v) is 2.58. The summed E-state index contributed by atoms with van der Waals surface area (Å²) in [7, 11) is 4.72. The number of methoxy groups -OCH3 is 3. The van der Waals surface area contributed by atoms with Crippen LogP contribution >= 0.6 is 0 Å². The first kappa shape index (κ1) is 19.0. The lowest BCUT2D eigenvalue weighted by molar-refractivity contribution is 0.102. The molecule has 144 valence electrons. The highest BCUT2D eigenvalue weighted by atomic mass is 16.5. The first-order chi connectivity index (χ1) is 13.6. The summed E-state index contributed by atoms with van der Waals surface area (Å²) in [6.45, 7) is 0. The summed E-state index contributed by atoms with van der Waals surface area (Å²) in [5.74, 6) is 1.61. The van der Waals surface area contributed by atoms with Crippen LogP contribution in [-0.2, 0) is 0 Å². The Bertz CT molecular complexity index is 958. The summed E-state index contributed by atoms with van der Waals surface area (Å²) in [5.41, 5.74) is 2.47. The Hall–Kier alpha value is -3.74. The monoisotopic (exact) mass is 379 g/mol. The largest absolute Gasteiger partial charge is 0.497 e. The first-order valence-corrected chi connectivity index (χ1v) is 8.52. The van der Waals surface area contributed by atoms with Gasteiger partial charge in [-0.25, -0.2) is 0 Å². The Morgan fingerprint density at radius 2 is 1.54 bits per heavy atom. The van der Waals surface area contributed by atoms with Crippen LogP contribution in [0.15, 0.2) is 60.9 Å². The number of anilines is 3. The Kier molecular flexibility index (Phi) is 5.96. The number of rotatable bonds is 7. The molecule has 0 saturated carbocycles. The number of carbonyl (C=O) groups is 1. The van der Waals surface area contributed by atoms with Gasteiger partial charge in [0.25, 0.3) is 5.91 Å². The molecule has 3 rings (SSSR count). The highest BCUT2D eigenvalue weighted by molar-refractivity contribution is 6.05. The van der Waals surface area contributed by atoms with E-state index in [9.17, 15) is 4.79 Å². The molecule has 0 unspecified atom stereocenters. The summed E-state index contributed by atoms with van der Waals surface area (Å²) in [5, 5.41) is 6.04. The molecular weight excluding hydrogens is 358 g/mol. The summed E-state index contributed by atoms with van der Waals surface area (Å²) < 4.78 is 15.6. The zero-order valence-corrected chi connectivity index (χ0v) is 15.9. The van der Waals surface area contributed by atoms with Crippen LogP contribution in [0.4, 0.5) is 17.1 Å². The maximum Gasteiger partial charge on any atom is 0.257 e. The van der Waals surface area contributed by atoms with E-state index in [0.717, 1.165) is 11.4 Å². The van der Waals surface area contributed by atoms with E-state index in [1.165, 1.54) is 6.20 Å². The highest BCUT2D eigenvalue weighted by Crippen LogP contribution is 2.29. The minimum absolute atomic E-state index is 0.308. The average molecular weight is 379 g/mol. The van der Waals surface area contributed by atoms with Gasteiger partial charge in [0.15, 0.2) is 0 Å². The van der Waals surface area contributed by atoms with Crippen LogP contribution in [-0.4, -0.2) is 32.2 Å². The van der Waals surface area contributed by atoms with Gasteiger partial charge in [-0.2, -0.15) is 0 Å². The molecule has 0 spiro atoms. The molecule has 7 heteroatoms. The maximum atomic E-state index is 12.7. The van der Waals surface area contributed by atoms with Gasteiger partial charge in [0.2, 0.25) is 0 Å². The molecule has 2 aromatic carbocycles. The molecule has 0 saturated heterocycles. The molecule has 0 aliphatic heterocycles. The predicted molar refractivity (Wildman–Crippen MR) is 108 cm³/mol. The van der Waals surface area contributed by atoms with Gasteiger partial charge in [0.05, 0.1) is 44.5 Å². The number of hydrogen-bond acceptors (Lipinski definition) is 6. The van der Waals surface area contributed by atoms with Crippen LogP contribution < -0.4 is 24.8 Å². The van der Waals surface area contributed by atoms with E-state index in [1.54, 1.807) is 51.8 Å². The van der Waals surface area contributed by atoms with E-state index in [1.807, 2.05) is 24.3 Å². The molecular formula is C21H21N3O4. The number of ether oxygens (including phenoxy) is 3. The second-order valence-corrected chi connectivity index (χ2v) is 5.84.